The molecule has 1 saturated heterocycles. The number of carbonyl (C=O) groups excluding carboxylic acids is 1. The van der Waals surface area contributed by atoms with Gasteiger partial charge < -0.3 is 9.64 Å². The van der Waals surface area contributed by atoms with E-state index in [1.165, 1.54) is 12.3 Å². The van der Waals surface area contributed by atoms with E-state index in [1.54, 1.807) is 11.8 Å². The Kier molecular flexibility index (Phi) is 5.17. The summed E-state index contributed by atoms with van der Waals surface area (Å²) < 4.78 is 33.3. The Morgan fingerprint density at radius 2 is 2.07 bits per heavy atom. The van der Waals surface area contributed by atoms with Gasteiger partial charge in [0, 0.05) is 12.2 Å². The number of alkyl halides is 2. The average molecular weight is 400 g/mol. The van der Waals surface area contributed by atoms with E-state index < -0.39 is 6.43 Å². The van der Waals surface area contributed by atoms with Crippen molar-refractivity contribution < 1.29 is 18.3 Å². The minimum Gasteiger partial charge on any atom is -0.494 e. The number of benzene rings is 1. The topological polar surface area (TPSA) is 59.7 Å². The molecule has 29 heavy (non-hydrogen) atoms. The molecule has 1 atom stereocenters. The summed E-state index contributed by atoms with van der Waals surface area (Å²) in [6.45, 7) is 4.75. The van der Waals surface area contributed by atoms with E-state index >= 15 is 0 Å². The Morgan fingerprint density at radius 1 is 1.31 bits per heavy atom. The fraction of sp³-hybridized carbons (Fsp3) is 0.381. The molecular weight excluding hydrogens is 378 g/mol. The Balaban J connectivity index is 1.67. The van der Waals surface area contributed by atoms with Gasteiger partial charge in [-0.25, -0.2) is 18.3 Å². The minimum absolute atomic E-state index is 0.0764. The van der Waals surface area contributed by atoms with Crippen LogP contribution in [0.1, 0.15) is 59.5 Å². The Morgan fingerprint density at radius 3 is 2.76 bits per heavy atom. The van der Waals surface area contributed by atoms with Gasteiger partial charge in [-0.05, 0) is 50.5 Å². The van der Waals surface area contributed by atoms with Crippen molar-refractivity contribution in [1.29, 1.82) is 0 Å². The lowest BCUT2D eigenvalue weighted by Crippen LogP contribution is -2.30. The first-order chi connectivity index (χ1) is 14.0. The molecule has 0 N–H and O–H groups in total. The summed E-state index contributed by atoms with van der Waals surface area (Å²) in [6, 6.07) is 8.94. The third-order valence-corrected chi connectivity index (χ3v) is 5.17. The average Bonchev–Trinajstić information content (AvgIpc) is 3.35. The molecule has 1 fully saturated rings. The third kappa shape index (κ3) is 3.54. The van der Waals surface area contributed by atoms with Gasteiger partial charge in [0.25, 0.3) is 12.3 Å². The van der Waals surface area contributed by atoms with Gasteiger partial charge in [-0.15, -0.1) is 0 Å². The van der Waals surface area contributed by atoms with Gasteiger partial charge in [0.2, 0.25) is 0 Å². The maximum atomic E-state index is 13.4. The number of aromatic nitrogens is 3. The number of carbonyl (C=O) groups is 1. The van der Waals surface area contributed by atoms with Crippen LogP contribution in [0, 0.1) is 6.92 Å². The molecule has 6 nitrogen and oxygen atoms in total. The molecule has 3 heterocycles. The summed E-state index contributed by atoms with van der Waals surface area (Å²) in [5.74, 6) is 0.545. The fourth-order valence-electron chi connectivity index (χ4n) is 3.88. The van der Waals surface area contributed by atoms with E-state index in [9.17, 15) is 13.6 Å². The van der Waals surface area contributed by atoms with Crippen LogP contribution >= 0.6 is 0 Å². The van der Waals surface area contributed by atoms with Crippen molar-refractivity contribution in [2.24, 2.45) is 0 Å². The van der Waals surface area contributed by atoms with Crippen molar-refractivity contribution in [2.45, 2.75) is 39.2 Å². The van der Waals surface area contributed by atoms with Gasteiger partial charge in [0.05, 0.1) is 18.8 Å². The summed E-state index contributed by atoms with van der Waals surface area (Å²) in [7, 11) is 0. The maximum absolute atomic E-state index is 13.4. The summed E-state index contributed by atoms with van der Waals surface area (Å²) >= 11 is 0. The standard InChI is InChI=1S/C21H22F2N4O2/c1-3-29-15-8-6-14(7-9-15)17-5-4-10-26(17)21(28)16-12-24-27-18(19(22)23)11-13(2)25-20(16)27/h6-9,11-12,17,19H,3-5,10H2,1-2H3/t17-/m0/s1. The van der Waals surface area contributed by atoms with Crippen molar-refractivity contribution in [3.05, 3.63) is 59.0 Å². The van der Waals surface area contributed by atoms with E-state index in [4.69, 9.17) is 4.74 Å². The van der Waals surface area contributed by atoms with Gasteiger partial charge in [0.1, 0.15) is 17.0 Å². The van der Waals surface area contributed by atoms with Crippen molar-refractivity contribution in [2.75, 3.05) is 13.2 Å². The molecule has 0 radical (unpaired) electrons. The lowest BCUT2D eigenvalue weighted by Gasteiger charge is -2.25. The summed E-state index contributed by atoms with van der Waals surface area (Å²) in [5, 5.41) is 4.01. The Hall–Kier alpha value is -3.03. The lowest BCUT2D eigenvalue weighted by atomic mass is 10.0. The summed E-state index contributed by atoms with van der Waals surface area (Å²) in [5.41, 5.74) is 1.59. The quantitative estimate of drug-likeness (QED) is 0.639. The molecule has 1 amide bonds. The summed E-state index contributed by atoms with van der Waals surface area (Å²) in [4.78, 5) is 19.4. The van der Waals surface area contributed by atoms with Crippen molar-refractivity contribution in [3.63, 3.8) is 0 Å². The van der Waals surface area contributed by atoms with Crippen LogP contribution < -0.4 is 4.74 Å². The molecule has 4 rings (SSSR count). The van der Waals surface area contributed by atoms with E-state index in [0.29, 0.717) is 18.8 Å². The molecule has 0 unspecified atom stereocenters. The Labute approximate surface area is 167 Å². The first kappa shape index (κ1) is 19.3. The second-order valence-electron chi connectivity index (χ2n) is 7.08. The van der Waals surface area contributed by atoms with Crippen LogP contribution in [0.5, 0.6) is 5.75 Å². The van der Waals surface area contributed by atoms with E-state index in [-0.39, 0.29) is 28.9 Å². The largest absolute Gasteiger partial charge is 0.494 e. The highest BCUT2D eigenvalue weighted by Gasteiger charge is 2.33. The SMILES string of the molecule is CCOc1ccc([C@@H]2CCCN2C(=O)c2cnn3c(C(F)F)cc(C)nc23)cc1. The number of amides is 1. The van der Waals surface area contributed by atoms with Crippen molar-refractivity contribution in [1.82, 2.24) is 19.5 Å². The number of hydrogen-bond donors (Lipinski definition) is 0. The van der Waals surface area contributed by atoms with Gasteiger partial charge in [-0.3, -0.25) is 4.79 Å². The molecule has 1 aliphatic rings. The van der Waals surface area contributed by atoms with Gasteiger partial charge in [0.15, 0.2) is 5.65 Å². The molecule has 0 bridgehead atoms. The molecule has 1 aromatic carbocycles. The van der Waals surface area contributed by atoms with Crippen LogP contribution in [0.4, 0.5) is 8.78 Å². The monoisotopic (exact) mass is 400 g/mol. The molecule has 1 aliphatic heterocycles. The Bertz CT molecular complexity index is 1030. The van der Waals surface area contributed by atoms with Crippen LogP contribution in [0.3, 0.4) is 0 Å². The molecule has 0 aliphatic carbocycles. The number of nitrogens with zero attached hydrogens (tertiary/aromatic N) is 4. The maximum Gasteiger partial charge on any atom is 0.280 e. The van der Waals surface area contributed by atoms with Crippen LogP contribution in [-0.4, -0.2) is 38.6 Å². The van der Waals surface area contributed by atoms with E-state index in [0.717, 1.165) is 28.7 Å². The van der Waals surface area contributed by atoms with E-state index in [1.807, 2.05) is 31.2 Å². The number of halogens is 2. The van der Waals surface area contributed by atoms with Gasteiger partial charge in [-0.1, -0.05) is 12.1 Å². The highest BCUT2D eigenvalue weighted by atomic mass is 19.3. The van der Waals surface area contributed by atoms with Gasteiger partial charge in [-0.2, -0.15) is 5.10 Å². The zero-order chi connectivity index (χ0) is 20.5. The number of rotatable bonds is 5. The predicted octanol–water partition coefficient (Wildman–Crippen LogP) is 4.35. The number of likely N-dealkylation sites (tertiary alicyclic amines) is 1. The van der Waals surface area contributed by atoms with Crippen molar-refractivity contribution >= 4 is 11.6 Å². The first-order valence-corrected chi connectivity index (χ1v) is 9.66. The summed E-state index contributed by atoms with van der Waals surface area (Å²) in [6.07, 6.45) is 0.347. The highest BCUT2D eigenvalue weighted by molar-refractivity contribution is 6.00. The van der Waals surface area contributed by atoms with Gasteiger partial charge >= 0.3 is 0 Å². The highest BCUT2D eigenvalue weighted by Crippen LogP contribution is 2.34. The molecule has 3 aromatic rings. The number of hydrogen-bond acceptors (Lipinski definition) is 4. The number of ether oxygens (including phenoxy) is 1. The zero-order valence-electron chi connectivity index (χ0n) is 16.3. The van der Waals surface area contributed by atoms with Crippen LogP contribution in [0.25, 0.3) is 5.65 Å². The van der Waals surface area contributed by atoms with Crippen molar-refractivity contribution in [3.8, 4) is 5.75 Å². The first-order valence-electron chi connectivity index (χ1n) is 9.66. The normalized spacial score (nSPS) is 16.7. The number of aryl methyl sites for hydroxylation is 1. The smallest absolute Gasteiger partial charge is 0.280 e. The third-order valence-electron chi connectivity index (χ3n) is 5.17. The zero-order valence-corrected chi connectivity index (χ0v) is 16.3. The molecule has 152 valence electrons. The minimum atomic E-state index is -2.70. The van der Waals surface area contributed by atoms with Crippen LogP contribution in [-0.2, 0) is 0 Å². The molecular formula is C21H22F2N4O2. The molecule has 0 saturated carbocycles. The second-order valence-corrected chi connectivity index (χ2v) is 7.08. The molecule has 0 spiro atoms. The predicted molar refractivity (Wildman–Crippen MR) is 103 cm³/mol. The molecule has 2 aromatic heterocycles. The molecule has 8 heteroatoms. The fourth-order valence-corrected chi connectivity index (χ4v) is 3.88. The lowest BCUT2D eigenvalue weighted by molar-refractivity contribution is 0.0737. The van der Waals surface area contributed by atoms with E-state index in [2.05, 4.69) is 10.1 Å². The number of fused-ring (bicyclic) bond motifs is 1. The van der Waals surface area contributed by atoms with Crippen LogP contribution in [0.2, 0.25) is 0 Å². The van der Waals surface area contributed by atoms with Crippen LogP contribution in [0.15, 0.2) is 36.5 Å². The second kappa shape index (κ2) is 7.77.